The highest BCUT2D eigenvalue weighted by Gasteiger charge is 2.19. The predicted molar refractivity (Wildman–Crippen MR) is 106 cm³/mol. The van der Waals surface area contributed by atoms with Gasteiger partial charge in [-0.15, -0.1) is 0 Å². The van der Waals surface area contributed by atoms with Crippen LogP contribution in [-0.2, 0) is 35.3 Å². The van der Waals surface area contributed by atoms with Crippen LogP contribution in [0.15, 0.2) is 53.1 Å². The molecule has 27 heavy (non-hydrogen) atoms. The van der Waals surface area contributed by atoms with E-state index >= 15 is 0 Å². The fourth-order valence-electron chi connectivity index (χ4n) is 3.86. The Balaban J connectivity index is 1.54. The third kappa shape index (κ3) is 3.91. The van der Waals surface area contributed by atoms with Gasteiger partial charge >= 0.3 is 0 Å². The van der Waals surface area contributed by atoms with Crippen LogP contribution in [0.2, 0.25) is 0 Å². The Bertz CT molecular complexity index is 929. The summed E-state index contributed by atoms with van der Waals surface area (Å²) in [4.78, 5) is 14.9. The lowest BCUT2D eigenvalue weighted by molar-refractivity contribution is -0.131. The van der Waals surface area contributed by atoms with Gasteiger partial charge in [-0.3, -0.25) is 4.79 Å². The van der Waals surface area contributed by atoms with Crippen molar-refractivity contribution >= 4 is 16.9 Å². The van der Waals surface area contributed by atoms with E-state index in [0.717, 1.165) is 34.9 Å². The third-order valence-electron chi connectivity index (χ3n) is 5.34. The van der Waals surface area contributed by atoms with Crippen molar-refractivity contribution < 1.29 is 13.9 Å². The van der Waals surface area contributed by atoms with Crippen molar-refractivity contribution in [2.75, 3.05) is 20.3 Å². The summed E-state index contributed by atoms with van der Waals surface area (Å²) in [5.41, 5.74) is 5.78. The Hall–Kier alpha value is -2.59. The van der Waals surface area contributed by atoms with Gasteiger partial charge in [0, 0.05) is 31.1 Å². The molecule has 0 aliphatic heterocycles. The Morgan fingerprint density at radius 1 is 1.15 bits per heavy atom. The van der Waals surface area contributed by atoms with Gasteiger partial charge in [-0.2, -0.15) is 0 Å². The number of aryl methyl sites for hydroxylation is 2. The van der Waals surface area contributed by atoms with Crippen LogP contribution in [0.25, 0.3) is 11.0 Å². The van der Waals surface area contributed by atoms with Gasteiger partial charge in [0.1, 0.15) is 5.58 Å². The second-order valence-electron chi connectivity index (χ2n) is 7.20. The first-order valence-electron chi connectivity index (χ1n) is 9.57. The van der Waals surface area contributed by atoms with Crippen molar-refractivity contribution in [1.29, 1.82) is 0 Å². The molecule has 1 aliphatic rings. The molecule has 0 fully saturated rings. The fraction of sp³-hybridized carbons (Fsp3) is 0.348. The van der Waals surface area contributed by atoms with E-state index in [1.165, 1.54) is 17.5 Å². The lowest BCUT2D eigenvalue weighted by Crippen LogP contribution is -2.34. The molecule has 0 unspecified atom stereocenters. The zero-order valence-electron chi connectivity index (χ0n) is 15.7. The molecule has 0 radical (unpaired) electrons. The number of methoxy groups -OCH3 is 1. The Labute approximate surface area is 159 Å². The molecule has 1 aliphatic carbocycles. The van der Waals surface area contributed by atoms with Gasteiger partial charge in [0.25, 0.3) is 0 Å². The quantitative estimate of drug-likeness (QED) is 0.634. The molecule has 140 valence electrons. The first-order valence-corrected chi connectivity index (χ1v) is 9.57. The van der Waals surface area contributed by atoms with Crippen molar-refractivity contribution in [1.82, 2.24) is 4.90 Å². The SMILES string of the molecule is COCCN(Cc1ccccc1)C(=O)Cc1coc2cc3c(cc12)CCC3. The summed E-state index contributed by atoms with van der Waals surface area (Å²) in [5, 5.41) is 1.08. The largest absolute Gasteiger partial charge is 0.464 e. The summed E-state index contributed by atoms with van der Waals surface area (Å²) in [6.07, 6.45) is 5.55. The maximum atomic E-state index is 13.0. The molecule has 0 spiro atoms. The minimum Gasteiger partial charge on any atom is -0.464 e. The number of ether oxygens (including phenoxy) is 1. The lowest BCUT2D eigenvalue weighted by atomic mass is 10.0. The zero-order valence-corrected chi connectivity index (χ0v) is 15.7. The average molecular weight is 363 g/mol. The number of rotatable bonds is 7. The van der Waals surface area contributed by atoms with Crippen LogP contribution in [-0.4, -0.2) is 31.1 Å². The van der Waals surface area contributed by atoms with Gasteiger partial charge in [-0.05, 0) is 48.1 Å². The van der Waals surface area contributed by atoms with Crippen molar-refractivity contribution in [3.63, 3.8) is 0 Å². The van der Waals surface area contributed by atoms with Crippen molar-refractivity contribution in [3.8, 4) is 0 Å². The summed E-state index contributed by atoms with van der Waals surface area (Å²) in [6.45, 7) is 1.70. The topological polar surface area (TPSA) is 42.7 Å². The normalized spacial score (nSPS) is 13.1. The molecule has 4 rings (SSSR count). The van der Waals surface area contributed by atoms with E-state index in [2.05, 4.69) is 12.1 Å². The first-order chi connectivity index (χ1) is 13.2. The van der Waals surface area contributed by atoms with Crippen molar-refractivity contribution in [3.05, 3.63) is 71.0 Å². The number of carbonyl (C=O) groups is 1. The summed E-state index contributed by atoms with van der Waals surface area (Å²) < 4.78 is 11.0. The molecular weight excluding hydrogens is 338 g/mol. The maximum Gasteiger partial charge on any atom is 0.227 e. The number of amides is 1. The maximum absolute atomic E-state index is 13.0. The Kier molecular flexibility index (Phi) is 5.26. The van der Waals surface area contributed by atoms with E-state index in [9.17, 15) is 4.79 Å². The first kappa shape index (κ1) is 17.8. The van der Waals surface area contributed by atoms with Crippen LogP contribution in [0.3, 0.4) is 0 Å². The van der Waals surface area contributed by atoms with Gasteiger partial charge in [-0.1, -0.05) is 30.3 Å². The molecule has 0 N–H and O–H groups in total. The van der Waals surface area contributed by atoms with Gasteiger partial charge in [0.2, 0.25) is 5.91 Å². The highest BCUT2D eigenvalue weighted by molar-refractivity contribution is 5.88. The van der Waals surface area contributed by atoms with Gasteiger partial charge in [0.15, 0.2) is 0 Å². The van der Waals surface area contributed by atoms with Crippen LogP contribution in [0.5, 0.6) is 0 Å². The lowest BCUT2D eigenvalue weighted by Gasteiger charge is -2.22. The van der Waals surface area contributed by atoms with Crippen LogP contribution in [0, 0.1) is 0 Å². The number of nitrogens with zero attached hydrogens (tertiary/aromatic N) is 1. The van der Waals surface area contributed by atoms with E-state index in [1.54, 1.807) is 13.4 Å². The molecule has 2 aromatic carbocycles. The highest BCUT2D eigenvalue weighted by Crippen LogP contribution is 2.30. The molecule has 0 bridgehead atoms. The van der Waals surface area contributed by atoms with Crippen LogP contribution < -0.4 is 0 Å². The van der Waals surface area contributed by atoms with Crippen LogP contribution in [0.4, 0.5) is 0 Å². The van der Waals surface area contributed by atoms with Crippen molar-refractivity contribution in [2.24, 2.45) is 0 Å². The Morgan fingerprint density at radius 3 is 2.70 bits per heavy atom. The standard InChI is InChI=1S/C23H25NO3/c1-26-11-10-24(15-17-6-3-2-4-7-17)23(25)14-20-16-27-22-13-19-9-5-8-18(19)12-21(20)22/h2-4,6-7,12-13,16H,5,8-11,14-15H2,1H3. The number of benzene rings is 2. The molecule has 4 heteroatoms. The van der Waals surface area contributed by atoms with E-state index in [-0.39, 0.29) is 5.91 Å². The number of hydrogen-bond acceptors (Lipinski definition) is 3. The van der Waals surface area contributed by atoms with E-state index < -0.39 is 0 Å². The smallest absolute Gasteiger partial charge is 0.227 e. The summed E-state index contributed by atoms with van der Waals surface area (Å²) in [5.74, 6) is 0.0964. The average Bonchev–Trinajstić information content (AvgIpc) is 3.30. The second kappa shape index (κ2) is 7.97. The van der Waals surface area contributed by atoms with E-state index in [1.807, 2.05) is 35.2 Å². The van der Waals surface area contributed by atoms with E-state index in [4.69, 9.17) is 9.15 Å². The zero-order chi connectivity index (χ0) is 18.6. The summed E-state index contributed by atoms with van der Waals surface area (Å²) in [7, 11) is 1.66. The number of hydrogen-bond donors (Lipinski definition) is 0. The predicted octanol–water partition coefficient (Wildman–Crippen LogP) is 4.14. The molecule has 0 saturated heterocycles. The van der Waals surface area contributed by atoms with Crippen LogP contribution >= 0.6 is 0 Å². The van der Waals surface area contributed by atoms with E-state index in [0.29, 0.717) is 26.1 Å². The highest BCUT2D eigenvalue weighted by atomic mass is 16.5. The molecule has 1 amide bonds. The summed E-state index contributed by atoms with van der Waals surface area (Å²) >= 11 is 0. The van der Waals surface area contributed by atoms with Crippen LogP contribution in [0.1, 0.15) is 28.7 Å². The molecule has 0 saturated carbocycles. The second-order valence-corrected chi connectivity index (χ2v) is 7.20. The molecule has 4 nitrogen and oxygen atoms in total. The third-order valence-corrected chi connectivity index (χ3v) is 5.34. The fourth-order valence-corrected chi connectivity index (χ4v) is 3.86. The molecule has 3 aromatic rings. The minimum atomic E-state index is 0.0964. The molecule has 0 atom stereocenters. The monoisotopic (exact) mass is 363 g/mol. The Morgan fingerprint density at radius 2 is 1.93 bits per heavy atom. The number of furan rings is 1. The molecule has 1 aromatic heterocycles. The summed E-state index contributed by atoms with van der Waals surface area (Å²) in [6, 6.07) is 14.4. The number of fused-ring (bicyclic) bond motifs is 2. The molecule has 1 heterocycles. The van der Waals surface area contributed by atoms with Gasteiger partial charge in [0.05, 0.1) is 19.3 Å². The van der Waals surface area contributed by atoms with Gasteiger partial charge < -0.3 is 14.1 Å². The molecular formula is C23H25NO3. The number of carbonyl (C=O) groups excluding carboxylic acids is 1. The van der Waals surface area contributed by atoms with Gasteiger partial charge in [-0.25, -0.2) is 0 Å². The minimum absolute atomic E-state index is 0.0964. The van der Waals surface area contributed by atoms with Crippen molar-refractivity contribution in [2.45, 2.75) is 32.2 Å².